The first kappa shape index (κ1) is 16.5. The first-order valence-corrected chi connectivity index (χ1v) is 8.16. The predicted octanol–water partition coefficient (Wildman–Crippen LogP) is 4.08. The number of hydrogen-bond acceptors (Lipinski definition) is 3. The molecule has 2 heterocycles. The Bertz CT molecular complexity index is 737. The molecule has 3 rings (SSSR count). The number of halogens is 4. The second-order valence-electron chi connectivity index (χ2n) is 5.91. The minimum atomic E-state index is -4.37. The van der Waals surface area contributed by atoms with E-state index in [9.17, 15) is 13.2 Å². The number of anilines is 1. The Morgan fingerprint density at radius 1 is 1.09 bits per heavy atom. The predicted molar refractivity (Wildman–Crippen MR) is 88.9 cm³/mol. The van der Waals surface area contributed by atoms with E-state index in [1.807, 2.05) is 13.0 Å². The van der Waals surface area contributed by atoms with E-state index in [4.69, 9.17) is 0 Å². The Morgan fingerprint density at radius 3 is 2.35 bits per heavy atom. The summed E-state index contributed by atoms with van der Waals surface area (Å²) < 4.78 is 39.2. The van der Waals surface area contributed by atoms with Crippen LogP contribution >= 0.6 is 15.9 Å². The lowest BCUT2D eigenvalue weighted by molar-refractivity contribution is -0.137. The lowest BCUT2D eigenvalue weighted by Crippen LogP contribution is -2.44. The minimum Gasteiger partial charge on any atom is -0.367 e. The van der Waals surface area contributed by atoms with Gasteiger partial charge in [0, 0.05) is 36.0 Å². The van der Waals surface area contributed by atoms with Crippen molar-refractivity contribution in [3.8, 4) is 0 Å². The summed E-state index contributed by atoms with van der Waals surface area (Å²) in [5, 5.41) is 0.706. The Kier molecular flexibility index (Phi) is 4.27. The van der Waals surface area contributed by atoms with Crippen LogP contribution in [0, 0.1) is 6.92 Å². The van der Waals surface area contributed by atoms with Gasteiger partial charge in [-0.1, -0.05) is 15.9 Å². The highest BCUT2D eigenvalue weighted by Gasteiger charge is 2.31. The normalized spacial score (nSPS) is 17.0. The molecule has 0 unspecified atom stereocenters. The van der Waals surface area contributed by atoms with Gasteiger partial charge in [-0.3, -0.25) is 4.98 Å². The molecule has 0 amide bonds. The maximum absolute atomic E-state index is 12.9. The molecule has 0 bridgehead atoms. The first-order chi connectivity index (χ1) is 10.8. The number of fused-ring (bicyclic) bond motifs is 1. The molecule has 1 aromatic heterocycles. The van der Waals surface area contributed by atoms with Crippen molar-refractivity contribution < 1.29 is 13.2 Å². The second kappa shape index (κ2) is 5.94. The van der Waals surface area contributed by atoms with Gasteiger partial charge >= 0.3 is 6.18 Å². The molecule has 0 saturated carbocycles. The number of hydrogen-bond donors (Lipinski definition) is 0. The maximum atomic E-state index is 12.9. The Morgan fingerprint density at radius 2 is 1.74 bits per heavy atom. The Labute approximate surface area is 141 Å². The monoisotopic (exact) mass is 387 g/mol. The van der Waals surface area contributed by atoms with Gasteiger partial charge in [0.25, 0.3) is 0 Å². The van der Waals surface area contributed by atoms with Crippen LogP contribution in [0.2, 0.25) is 0 Å². The number of benzene rings is 1. The minimum absolute atomic E-state index is 0.363. The number of pyridine rings is 1. The summed E-state index contributed by atoms with van der Waals surface area (Å²) in [6.07, 6.45) is -4.37. The first-order valence-electron chi connectivity index (χ1n) is 7.37. The highest BCUT2D eigenvalue weighted by atomic mass is 79.9. The van der Waals surface area contributed by atoms with Gasteiger partial charge in [0.2, 0.25) is 0 Å². The van der Waals surface area contributed by atoms with Crippen LogP contribution in [0.25, 0.3) is 10.9 Å². The molecule has 3 nitrogen and oxygen atoms in total. The standard InChI is InChI=1S/C16H17BrF3N3/c1-10-15(23-5-3-22(2)4-6-23)9-12-13(17)7-11(16(18,19)20)8-14(12)21-10/h7-9H,3-6H2,1-2H3. The topological polar surface area (TPSA) is 19.4 Å². The van der Waals surface area contributed by atoms with E-state index in [1.54, 1.807) is 0 Å². The summed E-state index contributed by atoms with van der Waals surface area (Å²) in [7, 11) is 2.08. The van der Waals surface area contributed by atoms with Crippen LogP contribution in [0.15, 0.2) is 22.7 Å². The third-order valence-electron chi connectivity index (χ3n) is 4.22. The summed E-state index contributed by atoms with van der Waals surface area (Å²) in [4.78, 5) is 8.92. The molecule has 7 heteroatoms. The number of alkyl halides is 3. The fraction of sp³-hybridized carbons (Fsp3) is 0.438. The summed E-state index contributed by atoms with van der Waals surface area (Å²) >= 11 is 3.27. The average molecular weight is 388 g/mol. The van der Waals surface area contributed by atoms with Crippen molar-refractivity contribution >= 4 is 32.5 Å². The summed E-state index contributed by atoms with van der Waals surface area (Å²) in [5.41, 5.74) is 1.43. The molecule has 1 saturated heterocycles. The van der Waals surface area contributed by atoms with Gasteiger partial charge in [-0.25, -0.2) is 0 Å². The zero-order chi connectivity index (χ0) is 16.8. The van der Waals surface area contributed by atoms with E-state index in [0.29, 0.717) is 15.4 Å². The molecular formula is C16H17BrF3N3. The zero-order valence-electron chi connectivity index (χ0n) is 12.9. The Balaban J connectivity index is 2.06. The van der Waals surface area contributed by atoms with E-state index in [0.717, 1.165) is 49.7 Å². The molecule has 0 aliphatic carbocycles. The van der Waals surface area contributed by atoms with Crippen LogP contribution < -0.4 is 4.90 Å². The summed E-state index contributed by atoms with van der Waals surface area (Å²) in [5.74, 6) is 0. The summed E-state index contributed by atoms with van der Waals surface area (Å²) in [6.45, 7) is 5.56. The molecule has 23 heavy (non-hydrogen) atoms. The fourth-order valence-electron chi connectivity index (χ4n) is 2.85. The lowest BCUT2D eigenvalue weighted by Gasteiger charge is -2.34. The smallest absolute Gasteiger partial charge is 0.367 e. The molecule has 1 aromatic carbocycles. The van der Waals surface area contributed by atoms with Crippen molar-refractivity contribution in [2.24, 2.45) is 0 Å². The van der Waals surface area contributed by atoms with Crippen LogP contribution in [0.1, 0.15) is 11.3 Å². The highest BCUT2D eigenvalue weighted by Crippen LogP contribution is 2.36. The van der Waals surface area contributed by atoms with Crippen LogP contribution in [-0.4, -0.2) is 43.1 Å². The third kappa shape index (κ3) is 3.30. The van der Waals surface area contributed by atoms with Crippen molar-refractivity contribution in [3.05, 3.63) is 33.9 Å². The van der Waals surface area contributed by atoms with Crippen molar-refractivity contribution in [1.29, 1.82) is 0 Å². The number of aryl methyl sites for hydroxylation is 1. The highest BCUT2D eigenvalue weighted by molar-refractivity contribution is 9.10. The van der Waals surface area contributed by atoms with Gasteiger partial charge < -0.3 is 9.80 Å². The van der Waals surface area contributed by atoms with Crippen molar-refractivity contribution in [2.45, 2.75) is 13.1 Å². The van der Waals surface area contributed by atoms with Gasteiger partial charge in [-0.05, 0) is 32.2 Å². The van der Waals surface area contributed by atoms with Crippen LogP contribution in [0.5, 0.6) is 0 Å². The fourth-order valence-corrected chi connectivity index (χ4v) is 3.41. The number of aromatic nitrogens is 1. The van der Waals surface area contributed by atoms with Crippen molar-refractivity contribution in [1.82, 2.24) is 9.88 Å². The van der Waals surface area contributed by atoms with Gasteiger partial charge in [0.05, 0.1) is 22.5 Å². The zero-order valence-corrected chi connectivity index (χ0v) is 14.5. The van der Waals surface area contributed by atoms with E-state index in [2.05, 4.69) is 37.8 Å². The van der Waals surface area contributed by atoms with Crippen LogP contribution in [0.4, 0.5) is 18.9 Å². The molecule has 1 aliphatic heterocycles. The molecule has 124 valence electrons. The molecule has 1 aliphatic rings. The number of rotatable bonds is 1. The lowest BCUT2D eigenvalue weighted by atomic mass is 10.1. The van der Waals surface area contributed by atoms with E-state index in [1.165, 1.54) is 0 Å². The molecule has 0 N–H and O–H groups in total. The number of nitrogens with zero attached hydrogens (tertiary/aromatic N) is 3. The molecular weight excluding hydrogens is 371 g/mol. The molecule has 1 fully saturated rings. The number of likely N-dealkylation sites (N-methyl/N-ethyl adjacent to an activating group) is 1. The quantitative estimate of drug-likeness (QED) is 0.734. The number of piperazine rings is 1. The van der Waals surface area contributed by atoms with Crippen LogP contribution in [-0.2, 0) is 6.18 Å². The van der Waals surface area contributed by atoms with Gasteiger partial charge in [-0.15, -0.1) is 0 Å². The maximum Gasteiger partial charge on any atom is 0.416 e. The largest absolute Gasteiger partial charge is 0.416 e. The van der Waals surface area contributed by atoms with E-state index in [-0.39, 0.29) is 0 Å². The molecule has 0 radical (unpaired) electrons. The summed E-state index contributed by atoms with van der Waals surface area (Å²) in [6, 6.07) is 4.17. The van der Waals surface area contributed by atoms with Gasteiger partial charge in [0.1, 0.15) is 0 Å². The third-order valence-corrected chi connectivity index (χ3v) is 4.87. The van der Waals surface area contributed by atoms with Crippen LogP contribution in [0.3, 0.4) is 0 Å². The molecule has 0 atom stereocenters. The molecule has 2 aromatic rings. The SMILES string of the molecule is Cc1nc2cc(C(F)(F)F)cc(Br)c2cc1N1CCN(C)CC1. The van der Waals surface area contributed by atoms with E-state index < -0.39 is 11.7 Å². The molecule has 0 spiro atoms. The van der Waals surface area contributed by atoms with Crippen molar-refractivity contribution in [2.75, 3.05) is 38.1 Å². The second-order valence-corrected chi connectivity index (χ2v) is 6.76. The van der Waals surface area contributed by atoms with Gasteiger partial charge in [-0.2, -0.15) is 13.2 Å². The average Bonchev–Trinajstić information content (AvgIpc) is 2.46. The van der Waals surface area contributed by atoms with Gasteiger partial charge in [0.15, 0.2) is 0 Å². The Hall–Kier alpha value is -1.34. The van der Waals surface area contributed by atoms with Crippen molar-refractivity contribution in [3.63, 3.8) is 0 Å². The van der Waals surface area contributed by atoms with E-state index >= 15 is 0 Å².